The lowest BCUT2D eigenvalue weighted by molar-refractivity contribution is -0.139. The number of halogens is 1. The molecule has 138 valence electrons. The number of benzene rings is 1. The highest BCUT2D eigenvalue weighted by Gasteiger charge is 2.35. The summed E-state index contributed by atoms with van der Waals surface area (Å²) in [7, 11) is 1.85. The molecule has 1 fully saturated rings. The van der Waals surface area contributed by atoms with Crippen LogP contribution in [0.25, 0.3) is 0 Å². The summed E-state index contributed by atoms with van der Waals surface area (Å²) in [5.74, 6) is 0.0949. The molecule has 4 rings (SSSR count). The summed E-state index contributed by atoms with van der Waals surface area (Å²) >= 11 is 6.35. The number of aromatic nitrogens is 2. The van der Waals surface area contributed by atoms with Gasteiger partial charge >= 0.3 is 0 Å². The van der Waals surface area contributed by atoms with Gasteiger partial charge in [-0.05, 0) is 36.8 Å². The summed E-state index contributed by atoms with van der Waals surface area (Å²) in [5, 5.41) is 5.08. The summed E-state index contributed by atoms with van der Waals surface area (Å²) in [6.07, 6.45) is 5.71. The Morgan fingerprint density at radius 3 is 2.96 bits per heavy atom. The molecule has 1 aliphatic heterocycles. The van der Waals surface area contributed by atoms with Crippen molar-refractivity contribution in [3.8, 4) is 0 Å². The number of rotatable bonds is 4. The molecule has 2 heterocycles. The summed E-state index contributed by atoms with van der Waals surface area (Å²) in [5.41, 5.74) is 3.36. The quantitative estimate of drug-likeness (QED) is 0.823. The van der Waals surface area contributed by atoms with Crippen LogP contribution in [0, 0.1) is 5.92 Å². The van der Waals surface area contributed by atoms with E-state index in [9.17, 15) is 4.79 Å². The molecule has 1 aromatic carbocycles. The van der Waals surface area contributed by atoms with Gasteiger partial charge in [-0.3, -0.25) is 9.48 Å². The average Bonchev–Trinajstić information content (AvgIpc) is 3.28. The first-order valence-electron chi connectivity index (χ1n) is 9.27. The standard InChI is InChI=1S/C20H24ClN3O2/c1-23-11-17(21)18(22-23)12-24(20(25)15-9-10-26-13-15)19-8-4-6-14-5-2-3-7-16(14)19/h2-3,5,7,11,15,19H,4,6,8-10,12-13H2,1H3/t15-,19-/m0/s1. The van der Waals surface area contributed by atoms with Crippen LogP contribution in [0.15, 0.2) is 30.5 Å². The lowest BCUT2D eigenvalue weighted by Gasteiger charge is -2.37. The van der Waals surface area contributed by atoms with Gasteiger partial charge in [-0.2, -0.15) is 5.10 Å². The normalized spacial score (nSPS) is 22.2. The van der Waals surface area contributed by atoms with E-state index >= 15 is 0 Å². The molecule has 0 unspecified atom stereocenters. The maximum Gasteiger partial charge on any atom is 0.228 e. The van der Waals surface area contributed by atoms with Crippen molar-refractivity contribution in [2.24, 2.45) is 13.0 Å². The molecule has 1 aromatic heterocycles. The van der Waals surface area contributed by atoms with E-state index < -0.39 is 0 Å². The number of fused-ring (bicyclic) bond motifs is 1. The van der Waals surface area contributed by atoms with Crippen molar-refractivity contribution >= 4 is 17.5 Å². The summed E-state index contributed by atoms with van der Waals surface area (Å²) < 4.78 is 7.17. The lowest BCUT2D eigenvalue weighted by atomic mass is 9.86. The SMILES string of the molecule is Cn1cc(Cl)c(CN(C(=O)[C@H]2CCOC2)[C@H]2CCCc3ccccc32)n1. The Labute approximate surface area is 158 Å². The molecule has 0 N–H and O–H groups in total. The minimum Gasteiger partial charge on any atom is -0.381 e. The molecule has 2 aliphatic rings. The Morgan fingerprint density at radius 1 is 1.38 bits per heavy atom. The van der Waals surface area contributed by atoms with Gasteiger partial charge in [0.05, 0.1) is 30.1 Å². The van der Waals surface area contributed by atoms with Crippen molar-refractivity contribution in [1.82, 2.24) is 14.7 Å². The summed E-state index contributed by atoms with van der Waals surface area (Å²) in [6.45, 7) is 1.61. The highest BCUT2D eigenvalue weighted by atomic mass is 35.5. The van der Waals surface area contributed by atoms with Gasteiger partial charge in [-0.25, -0.2) is 0 Å². The number of aryl methyl sites for hydroxylation is 2. The van der Waals surface area contributed by atoms with E-state index in [1.165, 1.54) is 11.1 Å². The van der Waals surface area contributed by atoms with E-state index in [1.54, 1.807) is 10.9 Å². The number of carbonyl (C=O) groups excluding carboxylic acids is 1. The highest BCUT2D eigenvalue weighted by molar-refractivity contribution is 6.31. The Balaban J connectivity index is 1.68. The molecule has 0 radical (unpaired) electrons. The van der Waals surface area contributed by atoms with Crippen molar-refractivity contribution in [1.29, 1.82) is 0 Å². The van der Waals surface area contributed by atoms with Crippen LogP contribution in [0.1, 0.15) is 42.1 Å². The minimum atomic E-state index is -0.0634. The van der Waals surface area contributed by atoms with Crippen molar-refractivity contribution in [2.45, 2.75) is 38.3 Å². The fraction of sp³-hybridized carbons (Fsp3) is 0.500. The number of amides is 1. The van der Waals surface area contributed by atoms with Crippen LogP contribution in [0.5, 0.6) is 0 Å². The molecule has 26 heavy (non-hydrogen) atoms. The molecule has 2 aromatic rings. The zero-order valence-corrected chi connectivity index (χ0v) is 15.8. The molecular weight excluding hydrogens is 350 g/mol. The van der Waals surface area contributed by atoms with Gasteiger partial charge in [0, 0.05) is 19.9 Å². The molecule has 0 saturated carbocycles. The fourth-order valence-electron chi connectivity index (χ4n) is 4.13. The van der Waals surface area contributed by atoms with Gasteiger partial charge in [0.2, 0.25) is 5.91 Å². The molecule has 0 spiro atoms. The minimum absolute atomic E-state index is 0.0634. The molecular formula is C20H24ClN3O2. The van der Waals surface area contributed by atoms with Crippen molar-refractivity contribution in [3.63, 3.8) is 0 Å². The molecule has 1 aliphatic carbocycles. The first-order valence-corrected chi connectivity index (χ1v) is 9.65. The van der Waals surface area contributed by atoms with Crippen LogP contribution in [-0.4, -0.2) is 33.8 Å². The molecule has 1 amide bonds. The first-order chi connectivity index (χ1) is 12.6. The summed E-state index contributed by atoms with van der Waals surface area (Å²) in [6, 6.07) is 8.55. The van der Waals surface area contributed by atoms with Gasteiger partial charge in [0.15, 0.2) is 0 Å². The second-order valence-corrected chi connectivity index (χ2v) is 7.64. The largest absolute Gasteiger partial charge is 0.381 e. The van der Waals surface area contributed by atoms with E-state index in [1.807, 2.05) is 11.9 Å². The number of hydrogen-bond donors (Lipinski definition) is 0. The maximum atomic E-state index is 13.3. The summed E-state index contributed by atoms with van der Waals surface area (Å²) in [4.78, 5) is 15.3. The van der Waals surface area contributed by atoms with Gasteiger partial charge in [-0.1, -0.05) is 35.9 Å². The van der Waals surface area contributed by atoms with Crippen LogP contribution in [0.3, 0.4) is 0 Å². The Morgan fingerprint density at radius 2 is 2.23 bits per heavy atom. The molecule has 2 atom stereocenters. The van der Waals surface area contributed by atoms with Crippen molar-refractivity contribution in [3.05, 3.63) is 52.3 Å². The van der Waals surface area contributed by atoms with Gasteiger partial charge < -0.3 is 9.64 Å². The van der Waals surface area contributed by atoms with Crippen LogP contribution in [-0.2, 0) is 29.5 Å². The van der Waals surface area contributed by atoms with Crippen molar-refractivity contribution < 1.29 is 9.53 Å². The molecule has 5 nitrogen and oxygen atoms in total. The molecule has 6 heteroatoms. The first kappa shape index (κ1) is 17.6. The van der Waals surface area contributed by atoms with Gasteiger partial charge in [0.25, 0.3) is 0 Å². The number of hydrogen-bond acceptors (Lipinski definition) is 3. The monoisotopic (exact) mass is 373 g/mol. The number of ether oxygens (including phenoxy) is 1. The van der Waals surface area contributed by atoms with Crippen molar-refractivity contribution in [2.75, 3.05) is 13.2 Å². The maximum absolute atomic E-state index is 13.3. The van der Waals surface area contributed by atoms with E-state index in [4.69, 9.17) is 16.3 Å². The van der Waals surface area contributed by atoms with Crippen LogP contribution < -0.4 is 0 Å². The van der Waals surface area contributed by atoms with E-state index in [0.29, 0.717) is 24.8 Å². The highest BCUT2D eigenvalue weighted by Crippen LogP contribution is 2.37. The average molecular weight is 374 g/mol. The fourth-order valence-corrected chi connectivity index (χ4v) is 4.37. The third-order valence-electron chi connectivity index (χ3n) is 5.45. The second kappa shape index (κ2) is 7.41. The predicted octanol–water partition coefficient (Wildman–Crippen LogP) is 3.52. The zero-order chi connectivity index (χ0) is 18.1. The van der Waals surface area contributed by atoms with Gasteiger partial charge in [-0.15, -0.1) is 0 Å². The van der Waals surface area contributed by atoms with Crippen LogP contribution in [0.2, 0.25) is 5.02 Å². The van der Waals surface area contributed by atoms with Gasteiger partial charge in [0.1, 0.15) is 5.69 Å². The second-order valence-electron chi connectivity index (χ2n) is 7.23. The van der Waals surface area contributed by atoms with E-state index in [0.717, 1.165) is 31.4 Å². The third kappa shape index (κ3) is 3.38. The smallest absolute Gasteiger partial charge is 0.228 e. The predicted molar refractivity (Wildman–Crippen MR) is 99.8 cm³/mol. The zero-order valence-electron chi connectivity index (χ0n) is 15.0. The topological polar surface area (TPSA) is 47.4 Å². The molecule has 1 saturated heterocycles. The van der Waals surface area contributed by atoms with E-state index in [-0.39, 0.29) is 17.9 Å². The number of carbonyl (C=O) groups is 1. The third-order valence-corrected chi connectivity index (χ3v) is 5.77. The lowest BCUT2D eigenvalue weighted by Crippen LogP contribution is -2.40. The Kier molecular flexibility index (Phi) is 5.00. The Hall–Kier alpha value is -1.85. The van der Waals surface area contributed by atoms with Crippen LogP contribution in [0.4, 0.5) is 0 Å². The van der Waals surface area contributed by atoms with Crippen LogP contribution >= 0.6 is 11.6 Å². The van der Waals surface area contributed by atoms with E-state index in [2.05, 4.69) is 29.4 Å². The molecule has 0 bridgehead atoms. The number of nitrogens with zero attached hydrogens (tertiary/aromatic N) is 3. The Bertz CT molecular complexity index is 798.